The maximum Gasteiger partial charge on any atom is 0.256 e. The molecule has 0 amide bonds. The van der Waals surface area contributed by atoms with Crippen LogP contribution in [0.15, 0.2) is 12.1 Å². The summed E-state index contributed by atoms with van der Waals surface area (Å²) in [6, 6.07) is 2.63. The number of nitrogen functional groups attached to an aromatic ring is 1. The lowest BCUT2D eigenvalue weighted by Crippen LogP contribution is -2.29. The minimum atomic E-state index is -0.540. The molecule has 8 heteroatoms. The largest absolute Gasteiger partial charge is 0.384 e. The third kappa shape index (κ3) is 2.67. The van der Waals surface area contributed by atoms with E-state index in [-0.39, 0.29) is 17.0 Å². The van der Waals surface area contributed by atoms with Crippen LogP contribution in [0.25, 0.3) is 0 Å². The van der Waals surface area contributed by atoms with Gasteiger partial charge in [-0.15, -0.1) is 0 Å². The summed E-state index contributed by atoms with van der Waals surface area (Å²) in [7, 11) is 0. The molecule has 132 valence electrons. The van der Waals surface area contributed by atoms with Crippen LogP contribution in [0.3, 0.4) is 0 Å². The number of nitrogens with two attached hydrogens (primary N) is 2. The van der Waals surface area contributed by atoms with E-state index in [0.29, 0.717) is 36.5 Å². The molecule has 1 aliphatic heterocycles. The molecule has 2 atom stereocenters. The third-order valence-corrected chi connectivity index (χ3v) is 5.33. The maximum atomic E-state index is 13.8. The Kier molecular flexibility index (Phi) is 3.92. The van der Waals surface area contributed by atoms with Crippen molar-refractivity contribution in [1.29, 1.82) is 0 Å². The molecule has 5 N–H and O–H groups in total. The Bertz CT molecular complexity index is 865. The van der Waals surface area contributed by atoms with Crippen LogP contribution in [-0.2, 0) is 12.8 Å². The lowest BCUT2D eigenvalue weighted by molar-refractivity contribution is 0.0859. The summed E-state index contributed by atoms with van der Waals surface area (Å²) in [5.41, 5.74) is 15.0. The Morgan fingerprint density at radius 2 is 2.20 bits per heavy atom. The number of hydrogen-bond donors (Lipinski definition) is 3. The quantitative estimate of drug-likeness (QED) is 0.722. The molecule has 0 spiro atoms. The highest BCUT2D eigenvalue weighted by Crippen LogP contribution is 2.39. The average molecular weight is 364 g/mol. The summed E-state index contributed by atoms with van der Waals surface area (Å²) in [5, 5.41) is 7.81. The molecule has 0 radical (unpaired) electrons. The maximum absolute atomic E-state index is 13.8. The summed E-state index contributed by atoms with van der Waals surface area (Å²) < 4.78 is 15.1. The standard InChI is InChI=1S/C17H19ClFN5O/c18-13-6-8(19)5-12-10(3-4-22-15(12)13)17(25)24-16(21)11-2-1-9(20)7-14(11)23-24/h5-6,9-10,22H,1-4,7,20-21H2/t9?,10-/m0/s1. The smallest absolute Gasteiger partial charge is 0.256 e. The van der Waals surface area contributed by atoms with Crippen molar-refractivity contribution in [3.8, 4) is 0 Å². The van der Waals surface area contributed by atoms with Crippen LogP contribution < -0.4 is 16.8 Å². The van der Waals surface area contributed by atoms with Gasteiger partial charge >= 0.3 is 0 Å². The Labute approximate surface area is 149 Å². The van der Waals surface area contributed by atoms with Crippen molar-refractivity contribution in [2.45, 2.75) is 37.6 Å². The van der Waals surface area contributed by atoms with Crippen molar-refractivity contribution in [3.63, 3.8) is 0 Å². The molecule has 0 saturated heterocycles. The van der Waals surface area contributed by atoms with E-state index in [9.17, 15) is 9.18 Å². The fraction of sp³-hybridized carbons (Fsp3) is 0.412. The molecular weight excluding hydrogens is 345 g/mol. The van der Waals surface area contributed by atoms with Gasteiger partial charge in [0.25, 0.3) is 5.91 Å². The van der Waals surface area contributed by atoms with E-state index in [4.69, 9.17) is 23.1 Å². The average Bonchev–Trinajstić information content (AvgIpc) is 2.89. The Morgan fingerprint density at radius 3 is 3.00 bits per heavy atom. The molecule has 0 bridgehead atoms. The highest BCUT2D eigenvalue weighted by atomic mass is 35.5. The van der Waals surface area contributed by atoms with Crippen molar-refractivity contribution < 1.29 is 9.18 Å². The van der Waals surface area contributed by atoms with Crippen LogP contribution in [0.2, 0.25) is 5.02 Å². The molecule has 6 nitrogen and oxygen atoms in total. The van der Waals surface area contributed by atoms with Gasteiger partial charge in [-0.2, -0.15) is 9.78 Å². The van der Waals surface area contributed by atoms with Gasteiger partial charge in [-0.05, 0) is 37.0 Å². The minimum absolute atomic E-state index is 0.0397. The highest BCUT2D eigenvalue weighted by molar-refractivity contribution is 6.33. The lowest BCUT2D eigenvalue weighted by atomic mass is 9.90. The second-order valence-corrected chi connectivity index (χ2v) is 7.09. The number of carbonyl (C=O) groups is 1. The van der Waals surface area contributed by atoms with Crippen LogP contribution in [0.4, 0.5) is 15.9 Å². The molecule has 1 aliphatic carbocycles. The predicted octanol–water partition coefficient (Wildman–Crippen LogP) is 2.31. The minimum Gasteiger partial charge on any atom is -0.384 e. The summed E-state index contributed by atoms with van der Waals surface area (Å²) >= 11 is 6.12. The number of halogens is 2. The molecule has 2 aliphatic rings. The van der Waals surface area contributed by atoms with Crippen molar-refractivity contribution in [2.75, 3.05) is 17.6 Å². The van der Waals surface area contributed by atoms with Crippen LogP contribution in [0, 0.1) is 5.82 Å². The van der Waals surface area contributed by atoms with Gasteiger partial charge in [0.2, 0.25) is 0 Å². The summed E-state index contributed by atoms with van der Waals surface area (Å²) in [4.78, 5) is 13.1. The predicted molar refractivity (Wildman–Crippen MR) is 94.5 cm³/mol. The normalized spacial score (nSPS) is 22.0. The zero-order chi connectivity index (χ0) is 17.7. The first-order valence-electron chi connectivity index (χ1n) is 8.34. The number of fused-ring (bicyclic) bond motifs is 2. The monoisotopic (exact) mass is 363 g/mol. The van der Waals surface area contributed by atoms with Gasteiger partial charge in [-0.1, -0.05) is 11.6 Å². The van der Waals surface area contributed by atoms with E-state index < -0.39 is 11.7 Å². The van der Waals surface area contributed by atoms with E-state index in [1.54, 1.807) is 0 Å². The summed E-state index contributed by atoms with van der Waals surface area (Å²) in [5.74, 6) is -0.898. The van der Waals surface area contributed by atoms with Gasteiger partial charge in [-0.3, -0.25) is 4.79 Å². The van der Waals surface area contributed by atoms with E-state index in [2.05, 4.69) is 10.4 Å². The number of rotatable bonds is 1. The SMILES string of the molecule is Nc1c2c(nn1C(=O)[C@H]1CCNc3c(Cl)cc(F)cc31)CC(N)CC2. The fourth-order valence-corrected chi connectivity index (χ4v) is 4.03. The van der Waals surface area contributed by atoms with Crippen molar-refractivity contribution in [1.82, 2.24) is 9.78 Å². The molecule has 1 aromatic heterocycles. The van der Waals surface area contributed by atoms with Crippen molar-refractivity contribution >= 4 is 29.0 Å². The number of benzene rings is 1. The second kappa shape index (κ2) is 6.00. The number of nitrogens with zero attached hydrogens (tertiary/aromatic N) is 2. The van der Waals surface area contributed by atoms with E-state index in [0.717, 1.165) is 24.1 Å². The molecule has 4 rings (SSSR count). The number of aromatic nitrogens is 2. The van der Waals surface area contributed by atoms with E-state index in [1.807, 2.05) is 0 Å². The lowest BCUT2D eigenvalue weighted by Gasteiger charge is -2.26. The summed E-state index contributed by atoms with van der Waals surface area (Å²) in [6.45, 7) is 0.570. The van der Waals surface area contributed by atoms with E-state index >= 15 is 0 Å². The van der Waals surface area contributed by atoms with Gasteiger partial charge in [-0.25, -0.2) is 4.39 Å². The van der Waals surface area contributed by atoms with Gasteiger partial charge in [0.1, 0.15) is 11.6 Å². The second-order valence-electron chi connectivity index (χ2n) is 6.68. The van der Waals surface area contributed by atoms with Gasteiger partial charge in [0.15, 0.2) is 0 Å². The Balaban J connectivity index is 1.74. The fourth-order valence-electron chi connectivity index (χ4n) is 3.75. The first-order valence-corrected chi connectivity index (χ1v) is 8.72. The number of carbonyl (C=O) groups excluding carboxylic acids is 1. The Morgan fingerprint density at radius 1 is 1.40 bits per heavy atom. The van der Waals surface area contributed by atoms with Crippen LogP contribution in [0.5, 0.6) is 0 Å². The Hall–Kier alpha value is -2.12. The first-order chi connectivity index (χ1) is 12.0. The number of nitrogens with one attached hydrogen (secondary N) is 1. The van der Waals surface area contributed by atoms with Crippen LogP contribution >= 0.6 is 11.6 Å². The van der Waals surface area contributed by atoms with Crippen molar-refractivity contribution in [3.05, 3.63) is 39.8 Å². The highest BCUT2D eigenvalue weighted by Gasteiger charge is 2.33. The topological polar surface area (TPSA) is 99.0 Å². The van der Waals surface area contributed by atoms with Gasteiger partial charge in [0, 0.05) is 24.6 Å². The zero-order valence-corrected chi connectivity index (χ0v) is 14.3. The van der Waals surface area contributed by atoms with E-state index in [1.165, 1.54) is 16.8 Å². The van der Waals surface area contributed by atoms with Crippen LogP contribution in [0.1, 0.15) is 40.4 Å². The molecule has 0 saturated carbocycles. The first kappa shape index (κ1) is 16.4. The van der Waals surface area contributed by atoms with Gasteiger partial charge in [0.05, 0.1) is 22.3 Å². The molecular formula is C17H19ClFN5O. The number of anilines is 2. The molecule has 25 heavy (non-hydrogen) atoms. The van der Waals surface area contributed by atoms with Crippen molar-refractivity contribution in [2.24, 2.45) is 5.73 Å². The third-order valence-electron chi connectivity index (χ3n) is 5.03. The molecule has 1 unspecified atom stereocenters. The van der Waals surface area contributed by atoms with Gasteiger partial charge < -0.3 is 16.8 Å². The molecule has 1 aromatic carbocycles. The van der Waals surface area contributed by atoms with Crippen LogP contribution in [-0.4, -0.2) is 28.3 Å². The zero-order valence-electron chi connectivity index (χ0n) is 13.6. The molecule has 2 heterocycles. The molecule has 2 aromatic rings. The number of hydrogen-bond acceptors (Lipinski definition) is 5. The molecule has 0 fully saturated rings. The summed E-state index contributed by atoms with van der Waals surface area (Å²) in [6.07, 6.45) is 2.69.